The molecule has 5 nitrogen and oxygen atoms in total. The molecule has 4 rings (SSSR count). The van der Waals surface area contributed by atoms with Crippen molar-refractivity contribution in [2.75, 3.05) is 5.32 Å². The zero-order chi connectivity index (χ0) is 20.4. The van der Waals surface area contributed by atoms with E-state index in [1.54, 1.807) is 4.68 Å². The highest BCUT2D eigenvalue weighted by atomic mass is 79.9. The smallest absolute Gasteiger partial charge is 0.295 e. The summed E-state index contributed by atoms with van der Waals surface area (Å²) in [6.07, 6.45) is 0. The monoisotopic (exact) mass is 510 g/mol. The summed E-state index contributed by atoms with van der Waals surface area (Å²) in [6, 6.07) is 23.0. The van der Waals surface area contributed by atoms with Crippen LogP contribution >= 0.6 is 31.9 Å². The number of nitrogens with zero attached hydrogens (tertiary/aromatic N) is 3. The lowest BCUT2D eigenvalue weighted by Crippen LogP contribution is -2.14. The van der Waals surface area contributed by atoms with Gasteiger partial charge in [0.2, 0.25) is 5.82 Å². The van der Waals surface area contributed by atoms with Gasteiger partial charge in [-0.1, -0.05) is 61.7 Å². The summed E-state index contributed by atoms with van der Waals surface area (Å²) in [4.78, 5) is 17.3. The van der Waals surface area contributed by atoms with E-state index >= 15 is 0 Å². The van der Waals surface area contributed by atoms with Crippen LogP contribution in [0.3, 0.4) is 0 Å². The van der Waals surface area contributed by atoms with Crippen molar-refractivity contribution >= 4 is 43.5 Å². The van der Waals surface area contributed by atoms with Gasteiger partial charge in [0, 0.05) is 20.2 Å². The van der Waals surface area contributed by atoms with E-state index in [1.165, 1.54) is 0 Å². The van der Waals surface area contributed by atoms with E-state index in [4.69, 9.17) is 0 Å². The molecular weight excluding hydrogens is 496 g/mol. The van der Waals surface area contributed by atoms with E-state index < -0.39 is 0 Å². The summed E-state index contributed by atoms with van der Waals surface area (Å²) in [7, 11) is 0. The predicted octanol–water partition coefficient (Wildman–Crippen LogP) is 6.02. The molecule has 0 bridgehead atoms. The van der Waals surface area contributed by atoms with Crippen LogP contribution < -0.4 is 5.32 Å². The van der Waals surface area contributed by atoms with E-state index in [-0.39, 0.29) is 11.7 Å². The number of rotatable bonds is 4. The molecule has 0 unspecified atom stereocenters. The molecule has 0 aliphatic rings. The molecule has 0 spiro atoms. The molecule has 0 aliphatic carbocycles. The number of hydrogen-bond donors (Lipinski definition) is 1. The minimum Gasteiger partial charge on any atom is -0.319 e. The molecule has 0 radical (unpaired) electrons. The van der Waals surface area contributed by atoms with Crippen molar-refractivity contribution in [3.8, 4) is 17.1 Å². The summed E-state index contributed by atoms with van der Waals surface area (Å²) in [5.41, 5.74) is 3.53. The van der Waals surface area contributed by atoms with Crippen LogP contribution in [0.15, 0.2) is 81.7 Å². The summed E-state index contributed by atoms with van der Waals surface area (Å²) in [6.45, 7) is 2.03. The maximum atomic E-state index is 12.8. The average molecular weight is 512 g/mol. The first-order valence-electron chi connectivity index (χ1n) is 8.86. The number of hydrogen-bond acceptors (Lipinski definition) is 3. The summed E-state index contributed by atoms with van der Waals surface area (Å²) in [5.74, 6) is 0.344. The van der Waals surface area contributed by atoms with Crippen LogP contribution in [0.5, 0.6) is 0 Å². The highest BCUT2D eigenvalue weighted by molar-refractivity contribution is 9.10. The van der Waals surface area contributed by atoms with E-state index in [2.05, 4.69) is 47.3 Å². The van der Waals surface area contributed by atoms with E-state index in [1.807, 2.05) is 79.7 Å². The SMILES string of the molecule is Cc1ccc(-c2nc(C(=O)Nc3ccc(Br)cc3)nn2-c2ccc(Br)cc2)cc1. The topological polar surface area (TPSA) is 59.8 Å². The Morgan fingerprint density at radius 1 is 0.862 bits per heavy atom. The van der Waals surface area contributed by atoms with Crippen LogP contribution in [0.1, 0.15) is 16.2 Å². The summed E-state index contributed by atoms with van der Waals surface area (Å²) >= 11 is 6.83. The third-order valence-corrected chi connectivity index (χ3v) is 5.35. The molecule has 0 saturated heterocycles. The first-order chi connectivity index (χ1) is 14.0. The molecule has 0 atom stereocenters. The number of anilines is 1. The fourth-order valence-electron chi connectivity index (χ4n) is 2.78. The minimum absolute atomic E-state index is 0.103. The van der Waals surface area contributed by atoms with Crippen molar-refractivity contribution in [3.05, 3.63) is 93.1 Å². The molecule has 3 aromatic carbocycles. The molecule has 144 valence electrons. The van der Waals surface area contributed by atoms with Crippen molar-refractivity contribution in [1.29, 1.82) is 0 Å². The van der Waals surface area contributed by atoms with Gasteiger partial charge < -0.3 is 5.32 Å². The number of benzene rings is 3. The van der Waals surface area contributed by atoms with Crippen LogP contribution in [0.2, 0.25) is 0 Å². The van der Waals surface area contributed by atoms with Crippen molar-refractivity contribution in [2.45, 2.75) is 6.92 Å². The maximum Gasteiger partial charge on any atom is 0.295 e. The minimum atomic E-state index is -0.364. The Labute approximate surface area is 185 Å². The van der Waals surface area contributed by atoms with Gasteiger partial charge in [-0.3, -0.25) is 4.79 Å². The van der Waals surface area contributed by atoms with Gasteiger partial charge in [0.25, 0.3) is 5.91 Å². The molecule has 0 aliphatic heterocycles. The number of carbonyl (C=O) groups is 1. The Morgan fingerprint density at radius 2 is 1.45 bits per heavy atom. The van der Waals surface area contributed by atoms with Crippen molar-refractivity contribution in [2.24, 2.45) is 0 Å². The number of carbonyl (C=O) groups excluding carboxylic acids is 1. The van der Waals surface area contributed by atoms with Gasteiger partial charge in [-0.2, -0.15) is 0 Å². The Balaban J connectivity index is 1.74. The quantitative estimate of drug-likeness (QED) is 0.364. The number of aromatic nitrogens is 3. The average Bonchev–Trinajstić information content (AvgIpc) is 3.16. The van der Waals surface area contributed by atoms with Crippen LogP contribution in [0.25, 0.3) is 17.1 Å². The van der Waals surface area contributed by atoms with E-state index in [9.17, 15) is 4.79 Å². The van der Waals surface area contributed by atoms with Crippen LogP contribution in [-0.4, -0.2) is 20.7 Å². The third-order valence-electron chi connectivity index (χ3n) is 4.29. The molecule has 29 heavy (non-hydrogen) atoms. The fraction of sp³-hybridized carbons (Fsp3) is 0.0455. The zero-order valence-electron chi connectivity index (χ0n) is 15.4. The lowest BCUT2D eigenvalue weighted by atomic mass is 10.1. The summed E-state index contributed by atoms with van der Waals surface area (Å²) in [5, 5.41) is 7.33. The first-order valence-corrected chi connectivity index (χ1v) is 10.5. The molecule has 1 aromatic heterocycles. The van der Waals surface area contributed by atoms with Gasteiger partial charge in [-0.05, 0) is 55.5 Å². The highest BCUT2D eigenvalue weighted by Crippen LogP contribution is 2.23. The zero-order valence-corrected chi connectivity index (χ0v) is 18.6. The van der Waals surface area contributed by atoms with Crippen molar-refractivity contribution < 1.29 is 4.79 Å². The molecule has 0 saturated carbocycles. The van der Waals surface area contributed by atoms with Crippen molar-refractivity contribution in [1.82, 2.24) is 14.8 Å². The molecule has 1 heterocycles. The van der Waals surface area contributed by atoms with Crippen molar-refractivity contribution in [3.63, 3.8) is 0 Å². The number of aryl methyl sites for hydroxylation is 1. The summed E-state index contributed by atoms with van der Waals surface area (Å²) < 4.78 is 3.59. The largest absolute Gasteiger partial charge is 0.319 e. The van der Waals surface area contributed by atoms with Crippen LogP contribution in [0, 0.1) is 6.92 Å². The number of halogens is 2. The van der Waals surface area contributed by atoms with Gasteiger partial charge in [-0.15, -0.1) is 5.10 Å². The maximum absolute atomic E-state index is 12.8. The fourth-order valence-corrected chi connectivity index (χ4v) is 3.31. The Hall–Kier alpha value is -2.77. The standard InChI is InChI=1S/C22H16Br2N4O/c1-14-2-4-15(5-3-14)21-26-20(22(29)25-18-10-6-16(23)7-11-18)27-28(21)19-12-8-17(24)9-13-19/h2-13H,1H3,(H,25,29). The highest BCUT2D eigenvalue weighted by Gasteiger charge is 2.19. The molecule has 1 amide bonds. The molecule has 0 fully saturated rings. The first kappa shape index (κ1) is 19.5. The third kappa shape index (κ3) is 4.46. The van der Waals surface area contributed by atoms with Gasteiger partial charge >= 0.3 is 0 Å². The van der Waals surface area contributed by atoms with Gasteiger partial charge in [0.05, 0.1) is 5.69 Å². The Kier molecular flexibility index (Phi) is 5.60. The molecular formula is C22H16Br2N4O. The number of amides is 1. The van der Waals surface area contributed by atoms with Gasteiger partial charge in [0.15, 0.2) is 5.82 Å². The van der Waals surface area contributed by atoms with Gasteiger partial charge in [0.1, 0.15) is 0 Å². The normalized spacial score (nSPS) is 10.7. The van der Waals surface area contributed by atoms with Gasteiger partial charge in [-0.25, -0.2) is 9.67 Å². The second-order valence-corrected chi connectivity index (χ2v) is 8.31. The Bertz CT molecular complexity index is 1090. The van der Waals surface area contributed by atoms with E-state index in [0.717, 1.165) is 25.8 Å². The van der Waals surface area contributed by atoms with Crippen LogP contribution in [-0.2, 0) is 0 Å². The Morgan fingerprint density at radius 3 is 2.07 bits per heavy atom. The van der Waals surface area contributed by atoms with E-state index in [0.29, 0.717) is 11.5 Å². The molecule has 4 aromatic rings. The molecule has 7 heteroatoms. The lowest BCUT2D eigenvalue weighted by molar-refractivity contribution is 0.101. The predicted molar refractivity (Wildman–Crippen MR) is 121 cm³/mol. The number of nitrogens with one attached hydrogen (secondary N) is 1. The second-order valence-electron chi connectivity index (χ2n) is 6.47. The second kappa shape index (κ2) is 8.31. The van der Waals surface area contributed by atoms with Crippen LogP contribution in [0.4, 0.5) is 5.69 Å². The lowest BCUT2D eigenvalue weighted by Gasteiger charge is -2.06. The molecule has 1 N–H and O–H groups in total.